The van der Waals surface area contributed by atoms with Gasteiger partial charge in [-0.1, -0.05) is 25.7 Å². The molecule has 4 nitrogen and oxygen atoms in total. The van der Waals surface area contributed by atoms with Crippen molar-refractivity contribution in [3.8, 4) is 0 Å². The summed E-state index contributed by atoms with van der Waals surface area (Å²) in [7, 11) is 8.74. The van der Waals surface area contributed by atoms with Crippen LogP contribution in [0.5, 0.6) is 0 Å². The summed E-state index contributed by atoms with van der Waals surface area (Å²) >= 11 is 5.64. The van der Waals surface area contributed by atoms with E-state index >= 15 is 0 Å². The number of thiocarbonyl (C=S) groups is 1. The SMILES string of the molecule is CN(C)[C@@H]1CCCC[C@H]1NC(=S)N[C@@H]1CCCC[C@H]1N(C)C. The van der Waals surface area contributed by atoms with Crippen molar-refractivity contribution in [2.75, 3.05) is 28.2 Å². The van der Waals surface area contributed by atoms with Gasteiger partial charge in [0.15, 0.2) is 5.11 Å². The van der Waals surface area contributed by atoms with E-state index in [2.05, 4.69) is 48.6 Å². The highest BCUT2D eigenvalue weighted by atomic mass is 32.1. The third kappa shape index (κ3) is 4.80. The Morgan fingerprint density at radius 3 is 1.45 bits per heavy atom. The molecule has 0 saturated heterocycles. The smallest absolute Gasteiger partial charge is 0.166 e. The predicted octanol–water partition coefficient (Wildman–Crippen LogP) is 2.20. The van der Waals surface area contributed by atoms with Gasteiger partial charge < -0.3 is 20.4 Å². The summed E-state index contributed by atoms with van der Waals surface area (Å²) in [5, 5.41) is 8.09. The molecule has 128 valence electrons. The van der Waals surface area contributed by atoms with E-state index in [1.54, 1.807) is 0 Å². The van der Waals surface area contributed by atoms with Crippen LogP contribution in [-0.4, -0.2) is 67.3 Å². The third-order valence-electron chi connectivity index (χ3n) is 5.42. The molecule has 2 aliphatic rings. The van der Waals surface area contributed by atoms with E-state index in [1.165, 1.54) is 51.4 Å². The summed E-state index contributed by atoms with van der Waals surface area (Å²) in [4.78, 5) is 4.70. The summed E-state index contributed by atoms with van der Waals surface area (Å²) in [5.41, 5.74) is 0. The Morgan fingerprint density at radius 1 is 0.727 bits per heavy atom. The Bertz CT molecular complexity index is 327. The molecular weight excluding hydrogens is 292 g/mol. The van der Waals surface area contributed by atoms with E-state index in [0.717, 1.165) is 5.11 Å². The van der Waals surface area contributed by atoms with Crippen LogP contribution in [-0.2, 0) is 0 Å². The molecule has 2 rings (SSSR count). The van der Waals surface area contributed by atoms with Gasteiger partial charge in [0.25, 0.3) is 0 Å². The van der Waals surface area contributed by atoms with Crippen molar-refractivity contribution in [2.24, 2.45) is 0 Å². The standard InChI is InChI=1S/C17H34N4S/c1-20(2)15-11-7-5-9-13(15)18-17(22)19-14-10-6-8-12-16(14)21(3)4/h13-16H,5-12H2,1-4H3,(H2,18,19,22)/t13-,14-,15-,16-/m1/s1. The second-order valence-electron chi connectivity index (χ2n) is 7.46. The fourth-order valence-corrected chi connectivity index (χ4v) is 4.48. The monoisotopic (exact) mass is 326 g/mol. The minimum Gasteiger partial charge on any atom is -0.358 e. The van der Waals surface area contributed by atoms with Crippen LogP contribution in [0.15, 0.2) is 0 Å². The lowest BCUT2D eigenvalue weighted by Crippen LogP contribution is -2.58. The second kappa shape index (κ2) is 8.46. The van der Waals surface area contributed by atoms with Crippen LogP contribution in [0.1, 0.15) is 51.4 Å². The van der Waals surface area contributed by atoms with Crippen LogP contribution >= 0.6 is 12.2 Å². The van der Waals surface area contributed by atoms with Crippen LogP contribution in [0, 0.1) is 0 Å². The molecule has 2 fully saturated rings. The zero-order valence-electron chi connectivity index (χ0n) is 14.8. The normalized spacial score (nSPS) is 33.0. The number of nitrogens with one attached hydrogen (secondary N) is 2. The molecule has 5 heteroatoms. The van der Waals surface area contributed by atoms with Gasteiger partial charge in [-0.3, -0.25) is 0 Å². The molecule has 0 aromatic carbocycles. The first kappa shape index (κ1) is 18.0. The van der Waals surface area contributed by atoms with Crippen LogP contribution in [0.3, 0.4) is 0 Å². The largest absolute Gasteiger partial charge is 0.358 e. The third-order valence-corrected chi connectivity index (χ3v) is 5.65. The first-order valence-electron chi connectivity index (χ1n) is 8.89. The van der Waals surface area contributed by atoms with Gasteiger partial charge in [-0.15, -0.1) is 0 Å². The number of likely N-dealkylation sites (N-methyl/N-ethyl adjacent to an activating group) is 2. The zero-order chi connectivity index (χ0) is 16.1. The minimum atomic E-state index is 0.491. The summed E-state index contributed by atoms with van der Waals surface area (Å²) in [6, 6.07) is 2.18. The summed E-state index contributed by atoms with van der Waals surface area (Å²) < 4.78 is 0. The van der Waals surface area contributed by atoms with Gasteiger partial charge in [0.2, 0.25) is 0 Å². The molecule has 0 unspecified atom stereocenters. The zero-order valence-corrected chi connectivity index (χ0v) is 15.6. The van der Waals surface area contributed by atoms with E-state index in [0.29, 0.717) is 24.2 Å². The molecule has 0 amide bonds. The van der Waals surface area contributed by atoms with Gasteiger partial charge in [-0.2, -0.15) is 0 Å². The van der Waals surface area contributed by atoms with Crippen molar-refractivity contribution in [1.29, 1.82) is 0 Å². The maximum atomic E-state index is 5.64. The lowest BCUT2D eigenvalue weighted by molar-refractivity contribution is 0.181. The molecular formula is C17H34N4S. The van der Waals surface area contributed by atoms with Gasteiger partial charge in [0.05, 0.1) is 0 Å². The summed E-state index contributed by atoms with van der Waals surface area (Å²) in [5.74, 6) is 0. The van der Waals surface area contributed by atoms with Gasteiger partial charge in [-0.05, 0) is 66.1 Å². The molecule has 0 heterocycles. The molecule has 4 atom stereocenters. The van der Waals surface area contributed by atoms with E-state index in [9.17, 15) is 0 Å². The Labute approximate surface area is 142 Å². The van der Waals surface area contributed by atoms with Gasteiger partial charge in [-0.25, -0.2) is 0 Å². The van der Waals surface area contributed by atoms with Crippen molar-refractivity contribution in [1.82, 2.24) is 20.4 Å². The highest BCUT2D eigenvalue weighted by Gasteiger charge is 2.30. The van der Waals surface area contributed by atoms with E-state index in [-0.39, 0.29) is 0 Å². The van der Waals surface area contributed by atoms with Crippen LogP contribution in [0.4, 0.5) is 0 Å². The molecule has 0 spiro atoms. The van der Waals surface area contributed by atoms with Gasteiger partial charge in [0, 0.05) is 24.2 Å². The highest BCUT2D eigenvalue weighted by Crippen LogP contribution is 2.23. The van der Waals surface area contributed by atoms with Crippen molar-refractivity contribution in [2.45, 2.75) is 75.5 Å². The Morgan fingerprint density at radius 2 is 1.09 bits per heavy atom. The highest BCUT2D eigenvalue weighted by molar-refractivity contribution is 7.80. The number of hydrogen-bond donors (Lipinski definition) is 2. The maximum absolute atomic E-state index is 5.64. The van der Waals surface area contributed by atoms with Gasteiger partial charge >= 0.3 is 0 Å². The fourth-order valence-electron chi connectivity index (χ4n) is 4.17. The van der Waals surface area contributed by atoms with Crippen molar-refractivity contribution in [3.05, 3.63) is 0 Å². The number of hydrogen-bond acceptors (Lipinski definition) is 3. The maximum Gasteiger partial charge on any atom is 0.166 e. The van der Waals surface area contributed by atoms with Crippen molar-refractivity contribution in [3.63, 3.8) is 0 Å². The first-order valence-corrected chi connectivity index (χ1v) is 9.29. The van der Waals surface area contributed by atoms with Crippen LogP contribution in [0.25, 0.3) is 0 Å². The van der Waals surface area contributed by atoms with Crippen LogP contribution in [0.2, 0.25) is 0 Å². The molecule has 0 aliphatic heterocycles. The molecule has 0 aromatic heterocycles. The fraction of sp³-hybridized carbons (Fsp3) is 0.941. The number of nitrogens with zero attached hydrogens (tertiary/aromatic N) is 2. The Hall–Kier alpha value is -0.390. The molecule has 2 aliphatic carbocycles. The second-order valence-corrected chi connectivity index (χ2v) is 7.87. The van der Waals surface area contributed by atoms with Crippen molar-refractivity contribution >= 4 is 17.3 Å². The molecule has 0 radical (unpaired) electrons. The first-order chi connectivity index (χ1) is 10.5. The molecule has 2 N–H and O–H groups in total. The molecule has 2 saturated carbocycles. The van der Waals surface area contributed by atoms with Crippen molar-refractivity contribution < 1.29 is 0 Å². The summed E-state index contributed by atoms with van der Waals surface area (Å²) in [6.45, 7) is 0. The lowest BCUT2D eigenvalue weighted by Gasteiger charge is -2.40. The Balaban J connectivity index is 1.88. The summed E-state index contributed by atoms with van der Waals surface area (Å²) in [6.07, 6.45) is 10.3. The minimum absolute atomic E-state index is 0.491. The van der Waals surface area contributed by atoms with Crippen LogP contribution < -0.4 is 10.6 Å². The topological polar surface area (TPSA) is 30.5 Å². The quantitative estimate of drug-likeness (QED) is 0.774. The van der Waals surface area contributed by atoms with E-state index in [1.807, 2.05) is 0 Å². The average Bonchev–Trinajstić information content (AvgIpc) is 2.47. The van der Waals surface area contributed by atoms with Gasteiger partial charge in [0.1, 0.15) is 0 Å². The Kier molecular flexibility index (Phi) is 6.90. The number of rotatable bonds is 4. The lowest BCUT2D eigenvalue weighted by atomic mass is 9.89. The molecule has 0 aromatic rings. The molecule has 22 heavy (non-hydrogen) atoms. The van der Waals surface area contributed by atoms with E-state index in [4.69, 9.17) is 12.2 Å². The molecule has 0 bridgehead atoms. The average molecular weight is 327 g/mol. The van der Waals surface area contributed by atoms with E-state index < -0.39 is 0 Å². The predicted molar refractivity (Wildman–Crippen MR) is 98.3 cm³/mol.